The Morgan fingerprint density at radius 1 is 1.38 bits per heavy atom. The van der Waals surface area contributed by atoms with Crippen molar-refractivity contribution in [3.63, 3.8) is 0 Å². The monoisotopic (exact) mass is 367 g/mol. The van der Waals surface area contributed by atoms with Gasteiger partial charge in [0, 0.05) is 6.54 Å². The standard InChI is InChI=1S/C16H17NO5S2/c1-22-14-5-4-11(16(18)19)9-15(14)24(20,21)17-7-2-3-13(17)12-6-8-23-10-12/h4-6,8-10,13H,2-3,7H2,1H3,(H,18,19). The molecule has 8 heteroatoms. The highest BCUT2D eigenvalue weighted by Crippen LogP contribution is 2.39. The van der Waals surface area contributed by atoms with Crippen LogP contribution in [-0.4, -0.2) is 37.5 Å². The molecule has 1 atom stereocenters. The van der Waals surface area contributed by atoms with E-state index in [1.54, 1.807) is 0 Å². The highest BCUT2D eigenvalue weighted by atomic mass is 32.2. The SMILES string of the molecule is COc1ccc(C(=O)O)cc1S(=O)(=O)N1CCCC1c1ccsc1. The molecule has 1 aromatic heterocycles. The molecular weight excluding hydrogens is 350 g/mol. The number of nitrogens with zero attached hydrogens (tertiary/aromatic N) is 1. The third kappa shape index (κ3) is 2.92. The van der Waals surface area contributed by atoms with E-state index in [0.717, 1.165) is 18.4 Å². The number of benzene rings is 1. The van der Waals surface area contributed by atoms with Crippen LogP contribution in [0.1, 0.15) is 34.8 Å². The molecule has 0 bridgehead atoms. The minimum atomic E-state index is -3.86. The molecule has 2 aromatic rings. The molecule has 1 aliphatic heterocycles. The first-order valence-corrected chi connectivity index (χ1v) is 9.78. The minimum absolute atomic E-state index is 0.0827. The first-order chi connectivity index (χ1) is 11.4. The third-order valence-electron chi connectivity index (χ3n) is 4.13. The van der Waals surface area contributed by atoms with E-state index in [0.29, 0.717) is 6.54 Å². The summed E-state index contributed by atoms with van der Waals surface area (Å²) in [5, 5.41) is 13.0. The molecular formula is C16H17NO5S2. The molecule has 1 unspecified atom stereocenters. The number of hydrogen-bond acceptors (Lipinski definition) is 5. The number of ether oxygens (including phenoxy) is 1. The number of methoxy groups -OCH3 is 1. The van der Waals surface area contributed by atoms with Crippen LogP contribution in [0.4, 0.5) is 0 Å². The smallest absolute Gasteiger partial charge is 0.335 e. The van der Waals surface area contributed by atoms with Crippen molar-refractivity contribution in [3.05, 3.63) is 46.2 Å². The van der Waals surface area contributed by atoms with Gasteiger partial charge in [-0.15, -0.1) is 0 Å². The maximum absolute atomic E-state index is 13.2. The van der Waals surface area contributed by atoms with Crippen molar-refractivity contribution in [2.45, 2.75) is 23.8 Å². The zero-order valence-corrected chi connectivity index (χ0v) is 14.6. The van der Waals surface area contributed by atoms with Gasteiger partial charge in [0.05, 0.1) is 18.7 Å². The average molecular weight is 367 g/mol. The predicted molar refractivity (Wildman–Crippen MR) is 90.1 cm³/mol. The van der Waals surface area contributed by atoms with Gasteiger partial charge in [0.2, 0.25) is 10.0 Å². The second-order valence-electron chi connectivity index (χ2n) is 5.50. The van der Waals surface area contributed by atoms with Crippen LogP contribution in [0.15, 0.2) is 39.9 Å². The van der Waals surface area contributed by atoms with Crippen LogP contribution in [0.2, 0.25) is 0 Å². The van der Waals surface area contributed by atoms with Crippen LogP contribution < -0.4 is 4.74 Å². The lowest BCUT2D eigenvalue weighted by Gasteiger charge is -2.24. The zero-order chi connectivity index (χ0) is 17.3. The fraction of sp³-hybridized carbons (Fsp3) is 0.312. The van der Waals surface area contributed by atoms with E-state index < -0.39 is 16.0 Å². The number of hydrogen-bond donors (Lipinski definition) is 1. The van der Waals surface area contributed by atoms with Crippen molar-refractivity contribution in [1.82, 2.24) is 4.31 Å². The first kappa shape index (κ1) is 16.9. The molecule has 0 spiro atoms. The van der Waals surface area contributed by atoms with Crippen molar-refractivity contribution in [2.75, 3.05) is 13.7 Å². The fourth-order valence-corrected chi connectivity index (χ4v) is 5.54. The number of thiophene rings is 1. The molecule has 1 fully saturated rings. The Labute approximate surface area is 144 Å². The second kappa shape index (κ2) is 6.54. The number of carboxylic acids is 1. The Morgan fingerprint density at radius 3 is 2.79 bits per heavy atom. The second-order valence-corrected chi connectivity index (χ2v) is 8.14. The summed E-state index contributed by atoms with van der Waals surface area (Å²) in [7, 11) is -2.49. The topological polar surface area (TPSA) is 83.9 Å². The Morgan fingerprint density at radius 2 is 2.17 bits per heavy atom. The van der Waals surface area contributed by atoms with Crippen LogP contribution in [0.3, 0.4) is 0 Å². The lowest BCUT2D eigenvalue weighted by atomic mass is 10.1. The van der Waals surface area contributed by atoms with Gasteiger partial charge in [-0.2, -0.15) is 15.6 Å². The molecule has 0 aliphatic carbocycles. The van der Waals surface area contributed by atoms with Crippen LogP contribution in [0, 0.1) is 0 Å². The lowest BCUT2D eigenvalue weighted by Crippen LogP contribution is -2.31. The summed E-state index contributed by atoms with van der Waals surface area (Å²) in [5.74, 6) is -1.03. The maximum atomic E-state index is 13.2. The van der Waals surface area contributed by atoms with Gasteiger partial charge >= 0.3 is 5.97 Å². The Hall–Kier alpha value is -1.90. The van der Waals surface area contributed by atoms with Crippen molar-refractivity contribution in [1.29, 1.82) is 0 Å². The van der Waals surface area contributed by atoms with Crippen LogP contribution in [0.25, 0.3) is 0 Å². The molecule has 0 saturated carbocycles. The first-order valence-electron chi connectivity index (χ1n) is 7.40. The number of sulfonamides is 1. The van der Waals surface area contributed by atoms with E-state index >= 15 is 0 Å². The van der Waals surface area contributed by atoms with Crippen LogP contribution >= 0.6 is 11.3 Å². The lowest BCUT2D eigenvalue weighted by molar-refractivity contribution is 0.0696. The number of aromatic carboxylic acids is 1. The van der Waals surface area contributed by atoms with Gasteiger partial charge < -0.3 is 9.84 Å². The summed E-state index contributed by atoms with van der Waals surface area (Å²) in [6.45, 7) is 0.406. The summed E-state index contributed by atoms with van der Waals surface area (Å²) in [6, 6.07) is 5.58. The number of carboxylic acid groups (broad SMARTS) is 1. The molecule has 3 rings (SSSR count). The Balaban J connectivity index is 2.07. The van der Waals surface area contributed by atoms with E-state index in [4.69, 9.17) is 9.84 Å². The summed E-state index contributed by atoms with van der Waals surface area (Å²) in [4.78, 5) is 11.1. The average Bonchev–Trinajstić information content (AvgIpc) is 3.24. The zero-order valence-electron chi connectivity index (χ0n) is 13.0. The van der Waals surface area contributed by atoms with Gasteiger partial charge in [0.1, 0.15) is 10.6 Å². The van der Waals surface area contributed by atoms with Gasteiger partial charge in [-0.05, 0) is 53.4 Å². The minimum Gasteiger partial charge on any atom is -0.495 e. The Bertz CT molecular complexity index is 845. The number of carbonyl (C=O) groups is 1. The summed E-state index contributed by atoms with van der Waals surface area (Å²) in [5.41, 5.74) is 0.884. The molecule has 0 amide bonds. The van der Waals surface area contributed by atoms with Gasteiger partial charge in [-0.3, -0.25) is 0 Å². The quantitative estimate of drug-likeness (QED) is 0.878. The molecule has 24 heavy (non-hydrogen) atoms. The van der Waals surface area contributed by atoms with E-state index in [1.807, 2.05) is 16.8 Å². The largest absolute Gasteiger partial charge is 0.495 e. The molecule has 1 saturated heterocycles. The van der Waals surface area contributed by atoms with Crippen molar-refractivity contribution in [2.24, 2.45) is 0 Å². The molecule has 1 N–H and O–H groups in total. The normalized spacial score (nSPS) is 18.6. The van der Waals surface area contributed by atoms with Crippen LogP contribution in [0.5, 0.6) is 5.75 Å². The van der Waals surface area contributed by atoms with Gasteiger partial charge in [0.25, 0.3) is 0 Å². The van der Waals surface area contributed by atoms with Crippen molar-refractivity contribution in [3.8, 4) is 5.75 Å². The molecule has 0 radical (unpaired) electrons. The molecule has 2 heterocycles. The third-order valence-corrected chi connectivity index (χ3v) is 6.76. The summed E-state index contributed by atoms with van der Waals surface area (Å²) < 4.78 is 32.9. The molecule has 6 nitrogen and oxygen atoms in total. The van der Waals surface area contributed by atoms with Gasteiger partial charge in [-0.25, -0.2) is 13.2 Å². The molecule has 1 aliphatic rings. The van der Waals surface area contributed by atoms with Gasteiger partial charge in [0.15, 0.2) is 0 Å². The predicted octanol–water partition coefficient (Wildman–Crippen LogP) is 2.98. The summed E-state index contributed by atoms with van der Waals surface area (Å²) in [6.07, 6.45) is 1.51. The molecule has 1 aromatic carbocycles. The summed E-state index contributed by atoms with van der Waals surface area (Å²) >= 11 is 1.53. The maximum Gasteiger partial charge on any atom is 0.335 e. The van der Waals surface area contributed by atoms with E-state index in [-0.39, 0.29) is 22.3 Å². The van der Waals surface area contributed by atoms with E-state index in [9.17, 15) is 13.2 Å². The van der Waals surface area contributed by atoms with Crippen molar-refractivity contribution < 1.29 is 23.1 Å². The van der Waals surface area contributed by atoms with Gasteiger partial charge in [-0.1, -0.05) is 0 Å². The Kier molecular flexibility index (Phi) is 4.62. The van der Waals surface area contributed by atoms with Crippen molar-refractivity contribution >= 4 is 27.3 Å². The number of rotatable bonds is 5. The van der Waals surface area contributed by atoms with E-state index in [2.05, 4.69) is 0 Å². The highest BCUT2D eigenvalue weighted by molar-refractivity contribution is 7.89. The highest BCUT2D eigenvalue weighted by Gasteiger charge is 2.38. The molecule has 128 valence electrons. The fourth-order valence-electron chi connectivity index (χ4n) is 2.96. The van der Waals surface area contributed by atoms with Crippen LogP contribution in [-0.2, 0) is 10.0 Å². The van der Waals surface area contributed by atoms with E-state index in [1.165, 1.54) is 41.0 Å².